The molecule has 110 valence electrons. The molecule has 0 aromatic heterocycles. The Labute approximate surface area is 126 Å². The van der Waals surface area contributed by atoms with E-state index in [2.05, 4.69) is 0 Å². The maximum atomic E-state index is 13.9. The van der Waals surface area contributed by atoms with Crippen molar-refractivity contribution in [2.75, 3.05) is 23.8 Å². The van der Waals surface area contributed by atoms with Gasteiger partial charge in [0.2, 0.25) is 0 Å². The van der Waals surface area contributed by atoms with E-state index in [0.29, 0.717) is 11.4 Å². The summed E-state index contributed by atoms with van der Waals surface area (Å²) in [6.07, 6.45) is 0. The number of hydrogen-bond acceptors (Lipinski definition) is 3. The van der Waals surface area contributed by atoms with Gasteiger partial charge in [-0.15, -0.1) is 0 Å². The number of carbonyl (C=O) groups excluding carboxylic acids is 1. The van der Waals surface area contributed by atoms with Gasteiger partial charge in [-0.1, -0.05) is 23.7 Å². The summed E-state index contributed by atoms with van der Waals surface area (Å²) < 4.78 is 13.9. The average molecular weight is 309 g/mol. The number of halogens is 2. The minimum Gasteiger partial charge on any atom is -0.397 e. The summed E-state index contributed by atoms with van der Waals surface area (Å²) >= 11 is 5.68. The molecular weight excluding hydrogens is 295 g/mol. The molecule has 4 nitrogen and oxygen atoms in total. The Morgan fingerprint density at radius 3 is 2.62 bits per heavy atom. The molecule has 0 aliphatic rings. The van der Waals surface area contributed by atoms with Crippen molar-refractivity contribution in [3.05, 3.63) is 58.9 Å². The van der Waals surface area contributed by atoms with E-state index >= 15 is 0 Å². The molecule has 0 atom stereocenters. The van der Waals surface area contributed by atoms with E-state index in [1.807, 2.05) is 0 Å². The van der Waals surface area contributed by atoms with E-state index < -0.39 is 11.7 Å². The van der Waals surface area contributed by atoms with Crippen molar-refractivity contribution in [3.63, 3.8) is 0 Å². The number of amides is 1. The van der Waals surface area contributed by atoms with Crippen molar-refractivity contribution in [3.8, 4) is 0 Å². The highest BCUT2D eigenvalue weighted by atomic mass is 35.5. The predicted molar refractivity (Wildman–Crippen MR) is 81.0 cm³/mol. The van der Waals surface area contributed by atoms with Gasteiger partial charge in [0.15, 0.2) is 0 Å². The second-order valence-corrected chi connectivity index (χ2v) is 4.80. The fourth-order valence-electron chi connectivity index (χ4n) is 1.97. The zero-order chi connectivity index (χ0) is 15.4. The third kappa shape index (κ3) is 3.32. The molecule has 0 aliphatic heterocycles. The second kappa shape index (κ2) is 6.56. The number of aliphatic hydroxyl groups is 1. The summed E-state index contributed by atoms with van der Waals surface area (Å²) in [5.74, 6) is -1.30. The van der Waals surface area contributed by atoms with Gasteiger partial charge in [0.25, 0.3) is 5.91 Å². The summed E-state index contributed by atoms with van der Waals surface area (Å²) in [6.45, 7) is -0.260. The lowest BCUT2D eigenvalue weighted by Gasteiger charge is -2.23. The first kappa shape index (κ1) is 15.3. The normalized spacial score (nSPS) is 10.4. The van der Waals surface area contributed by atoms with Crippen LogP contribution >= 0.6 is 11.6 Å². The number of nitrogens with two attached hydrogens (primary N) is 1. The third-order valence-corrected chi connectivity index (χ3v) is 3.19. The molecule has 1 amide bonds. The maximum absolute atomic E-state index is 13.9. The zero-order valence-corrected chi connectivity index (χ0v) is 11.8. The largest absolute Gasteiger partial charge is 0.397 e. The second-order valence-electron chi connectivity index (χ2n) is 4.36. The lowest BCUT2D eigenvalue weighted by Crippen LogP contribution is -2.34. The first-order chi connectivity index (χ1) is 10.0. The van der Waals surface area contributed by atoms with Gasteiger partial charge in [0.05, 0.1) is 23.5 Å². The number of nitrogen functional groups attached to an aromatic ring is 1. The summed E-state index contributed by atoms with van der Waals surface area (Å²) in [6, 6.07) is 10.5. The SMILES string of the molecule is Nc1ccccc1N(CCO)C(=O)c1ccc(Cl)cc1F. The molecule has 0 heterocycles. The molecule has 21 heavy (non-hydrogen) atoms. The summed E-state index contributed by atoms with van der Waals surface area (Å²) in [4.78, 5) is 13.7. The monoisotopic (exact) mass is 308 g/mol. The highest BCUT2D eigenvalue weighted by molar-refractivity contribution is 6.30. The average Bonchev–Trinajstić information content (AvgIpc) is 2.45. The van der Waals surface area contributed by atoms with Crippen LogP contribution in [0.5, 0.6) is 0 Å². The molecule has 2 aromatic rings. The predicted octanol–water partition coefficient (Wildman–Crippen LogP) is 2.70. The number of aliphatic hydroxyl groups excluding tert-OH is 1. The van der Waals surface area contributed by atoms with E-state index in [4.69, 9.17) is 22.4 Å². The Kier molecular flexibility index (Phi) is 4.77. The summed E-state index contributed by atoms with van der Waals surface area (Å²) in [5, 5.41) is 9.35. The molecule has 0 fully saturated rings. The Morgan fingerprint density at radius 2 is 2.00 bits per heavy atom. The zero-order valence-electron chi connectivity index (χ0n) is 11.1. The van der Waals surface area contributed by atoms with Crippen LogP contribution in [0.3, 0.4) is 0 Å². The lowest BCUT2D eigenvalue weighted by molar-refractivity contribution is 0.0977. The van der Waals surface area contributed by atoms with Gasteiger partial charge in [-0.05, 0) is 30.3 Å². The number of para-hydroxylation sites is 2. The highest BCUT2D eigenvalue weighted by Gasteiger charge is 2.22. The van der Waals surface area contributed by atoms with Crippen molar-refractivity contribution < 1.29 is 14.3 Å². The Balaban J connectivity index is 2.43. The van der Waals surface area contributed by atoms with Crippen LogP contribution in [0.1, 0.15) is 10.4 Å². The smallest absolute Gasteiger partial charge is 0.261 e. The number of carbonyl (C=O) groups is 1. The van der Waals surface area contributed by atoms with Gasteiger partial charge in [0.1, 0.15) is 5.82 Å². The fraction of sp³-hybridized carbons (Fsp3) is 0.133. The van der Waals surface area contributed by atoms with Crippen LogP contribution in [-0.4, -0.2) is 24.2 Å². The van der Waals surface area contributed by atoms with Gasteiger partial charge in [-0.2, -0.15) is 0 Å². The van der Waals surface area contributed by atoms with Gasteiger partial charge in [-0.25, -0.2) is 4.39 Å². The molecule has 0 bridgehead atoms. The molecule has 0 aliphatic carbocycles. The Hall–Kier alpha value is -2.11. The molecule has 0 spiro atoms. The minimum absolute atomic E-state index is 0.00904. The number of benzene rings is 2. The van der Waals surface area contributed by atoms with Crippen molar-refractivity contribution >= 4 is 28.9 Å². The molecule has 2 rings (SSSR count). The molecule has 6 heteroatoms. The Bertz CT molecular complexity index is 664. The first-order valence-corrected chi connectivity index (χ1v) is 6.64. The van der Waals surface area contributed by atoms with Crippen molar-refractivity contribution in [1.82, 2.24) is 0 Å². The Morgan fingerprint density at radius 1 is 1.29 bits per heavy atom. The summed E-state index contributed by atoms with van der Waals surface area (Å²) in [7, 11) is 0. The topological polar surface area (TPSA) is 66.6 Å². The fourth-order valence-corrected chi connectivity index (χ4v) is 2.13. The van der Waals surface area contributed by atoms with Crippen LogP contribution < -0.4 is 10.6 Å². The molecule has 0 unspecified atom stereocenters. The van der Waals surface area contributed by atoms with Gasteiger partial charge in [-0.3, -0.25) is 4.79 Å². The standard InChI is InChI=1S/C15H14ClFN2O2/c16-10-5-6-11(12(17)9-10)15(21)19(7-8-20)14-4-2-1-3-13(14)18/h1-6,9,20H,7-8,18H2. The molecule has 2 aromatic carbocycles. The van der Waals surface area contributed by atoms with Gasteiger partial charge < -0.3 is 15.7 Å². The number of anilines is 2. The number of nitrogens with zero attached hydrogens (tertiary/aromatic N) is 1. The van der Waals surface area contributed by atoms with Crippen LogP contribution in [0.25, 0.3) is 0 Å². The molecule has 0 radical (unpaired) electrons. The van der Waals surface area contributed by atoms with Gasteiger partial charge in [0, 0.05) is 11.6 Å². The van der Waals surface area contributed by atoms with Crippen molar-refractivity contribution in [2.24, 2.45) is 0 Å². The number of hydrogen-bond donors (Lipinski definition) is 2. The van der Waals surface area contributed by atoms with E-state index in [9.17, 15) is 9.18 Å². The number of rotatable bonds is 4. The van der Waals surface area contributed by atoms with Crippen molar-refractivity contribution in [1.29, 1.82) is 0 Å². The van der Waals surface area contributed by atoms with Crippen LogP contribution in [0.2, 0.25) is 5.02 Å². The van der Waals surface area contributed by atoms with Crippen LogP contribution in [-0.2, 0) is 0 Å². The minimum atomic E-state index is -0.718. The summed E-state index contributed by atoms with van der Waals surface area (Å²) in [5.41, 5.74) is 6.50. The van der Waals surface area contributed by atoms with E-state index in [-0.39, 0.29) is 23.7 Å². The molecule has 0 saturated carbocycles. The van der Waals surface area contributed by atoms with Crippen molar-refractivity contribution in [2.45, 2.75) is 0 Å². The first-order valence-electron chi connectivity index (χ1n) is 6.27. The highest BCUT2D eigenvalue weighted by Crippen LogP contribution is 2.25. The van der Waals surface area contributed by atoms with E-state index in [1.54, 1.807) is 24.3 Å². The van der Waals surface area contributed by atoms with Crippen LogP contribution in [0.15, 0.2) is 42.5 Å². The third-order valence-electron chi connectivity index (χ3n) is 2.96. The lowest BCUT2D eigenvalue weighted by atomic mass is 10.1. The van der Waals surface area contributed by atoms with Crippen LogP contribution in [0.4, 0.5) is 15.8 Å². The molecule has 3 N–H and O–H groups in total. The van der Waals surface area contributed by atoms with Crippen LogP contribution in [0, 0.1) is 5.82 Å². The quantitative estimate of drug-likeness (QED) is 0.853. The maximum Gasteiger partial charge on any atom is 0.261 e. The van der Waals surface area contributed by atoms with E-state index in [0.717, 1.165) is 6.07 Å². The van der Waals surface area contributed by atoms with E-state index in [1.165, 1.54) is 17.0 Å². The molecular formula is C15H14ClFN2O2. The van der Waals surface area contributed by atoms with Gasteiger partial charge >= 0.3 is 0 Å². The molecule has 0 saturated heterocycles.